The van der Waals surface area contributed by atoms with Gasteiger partial charge in [0.2, 0.25) is 10.0 Å². The normalized spacial score (nSPS) is 17.3. The molecule has 2 N–H and O–H groups in total. The molecule has 0 saturated carbocycles. The summed E-state index contributed by atoms with van der Waals surface area (Å²) in [7, 11) is -1.98. The number of thiocarbonyl (C=S) groups is 1. The lowest BCUT2D eigenvalue weighted by Gasteiger charge is -2.29. The van der Waals surface area contributed by atoms with Gasteiger partial charge in [0.1, 0.15) is 5.75 Å². The molecule has 5 rings (SSSR count). The Morgan fingerprint density at radius 3 is 2.51 bits per heavy atom. The minimum atomic E-state index is -3.48. The highest BCUT2D eigenvalue weighted by Gasteiger charge is 2.42. The Bertz CT molecular complexity index is 1660. The molecule has 11 heteroatoms. The third kappa shape index (κ3) is 5.39. The summed E-state index contributed by atoms with van der Waals surface area (Å²) in [6.45, 7) is 4.20. The zero-order chi connectivity index (χ0) is 27.9. The van der Waals surface area contributed by atoms with Crippen molar-refractivity contribution in [2.24, 2.45) is 0 Å². The minimum Gasteiger partial charge on any atom is -0.494 e. The highest BCUT2D eigenvalue weighted by atomic mass is 79.9. The van der Waals surface area contributed by atoms with Crippen LogP contribution in [0.25, 0.3) is 5.69 Å². The van der Waals surface area contributed by atoms with Gasteiger partial charge in [-0.05, 0) is 80.2 Å². The molecule has 0 aliphatic carbocycles. The molecule has 4 aromatic rings. The van der Waals surface area contributed by atoms with E-state index in [1.165, 1.54) is 7.11 Å². The van der Waals surface area contributed by atoms with Crippen molar-refractivity contribution in [2.45, 2.75) is 25.9 Å². The first-order chi connectivity index (χ1) is 18.6. The van der Waals surface area contributed by atoms with Crippen molar-refractivity contribution >= 4 is 54.7 Å². The number of hydrogen-bond donors (Lipinski definition) is 2. The van der Waals surface area contributed by atoms with Crippen LogP contribution in [-0.2, 0) is 10.0 Å². The first-order valence-electron chi connectivity index (χ1n) is 12.2. The number of rotatable bonds is 7. The average Bonchev–Trinajstić information content (AvgIpc) is 3.38. The van der Waals surface area contributed by atoms with Crippen molar-refractivity contribution in [2.75, 3.05) is 23.0 Å². The van der Waals surface area contributed by atoms with E-state index in [1.54, 1.807) is 18.3 Å². The Labute approximate surface area is 242 Å². The number of aromatic nitrogens is 2. The van der Waals surface area contributed by atoms with Gasteiger partial charge in [-0.3, -0.25) is 9.71 Å². The summed E-state index contributed by atoms with van der Waals surface area (Å²) in [6, 6.07) is 21.1. The average molecular weight is 627 g/mol. The van der Waals surface area contributed by atoms with Gasteiger partial charge in [0, 0.05) is 39.5 Å². The number of hydrogen-bond acceptors (Lipinski definition) is 5. The van der Waals surface area contributed by atoms with Crippen molar-refractivity contribution in [3.8, 4) is 11.4 Å². The van der Waals surface area contributed by atoms with E-state index in [9.17, 15) is 8.42 Å². The molecule has 0 radical (unpaired) electrons. The smallest absolute Gasteiger partial charge is 0.229 e. The maximum Gasteiger partial charge on any atom is 0.229 e. The van der Waals surface area contributed by atoms with Crippen LogP contribution in [0, 0.1) is 13.8 Å². The fourth-order valence-corrected chi connectivity index (χ4v) is 6.46. The van der Waals surface area contributed by atoms with Crippen LogP contribution < -0.4 is 19.7 Å². The van der Waals surface area contributed by atoms with Crippen molar-refractivity contribution in [1.82, 2.24) is 14.9 Å². The molecule has 202 valence electrons. The van der Waals surface area contributed by atoms with Gasteiger partial charge in [0.15, 0.2) is 5.11 Å². The Balaban J connectivity index is 1.67. The van der Waals surface area contributed by atoms with Crippen molar-refractivity contribution < 1.29 is 13.2 Å². The van der Waals surface area contributed by atoms with E-state index in [2.05, 4.69) is 72.5 Å². The first kappa shape index (κ1) is 27.2. The third-order valence-corrected chi connectivity index (χ3v) is 8.11. The number of sulfonamides is 1. The lowest BCUT2D eigenvalue weighted by molar-refractivity contribution is 0.417. The third-order valence-electron chi connectivity index (χ3n) is 6.71. The van der Waals surface area contributed by atoms with Crippen LogP contribution in [0.15, 0.2) is 77.4 Å². The molecule has 1 aliphatic rings. The molecule has 0 spiro atoms. The Hall–Kier alpha value is -3.41. The van der Waals surface area contributed by atoms with E-state index < -0.39 is 10.0 Å². The van der Waals surface area contributed by atoms with E-state index in [4.69, 9.17) is 17.0 Å². The minimum absolute atomic E-state index is 0.227. The molecule has 8 nitrogen and oxygen atoms in total. The summed E-state index contributed by atoms with van der Waals surface area (Å²) in [5.41, 5.74) is 6.29. The Morgan fingerprint density at radius 1 is 1.05 bits per heavy atom. The van der Waals surface area contributed by atoms with E-state index in [0.717, 1.165) is 44.7 Å². The number of halogens is 1. The summed E-state index contributed by atoms with van der Waals surface area (Å²) in [5.74, 6) is 0.389. The highest BCUT2D eigenvalue weighted by Crippen LogP contribution is 2.45. The fourth-order valence-electron chi connectivity index (χ4n) is 5.16. The van der Waals surface area contributed by atoms with Crippen LogP contribution in [0.4, 0.5) is 11.4 Å². The molecule has 2 atom stereocenters. The van der Waals surface area contributed by atoms with Gasteiger partial charge in [-0.15, -0.1) is 0 Å². The number of nitrogens with one attached hydrogen (secondary N) is 2. The molecule has 1 aliphatic heterocycles. The largest absolute Gasteiger partial charge is 0.494 e. The first-order valence-corrected chi connectivity index (χ1v) is 15.3. The molecule has 3 heterocycles. The van der Waals surface area contributed by atoms with Crippen LogP contribution in [0.2, 0.25) is 0 Å². The second-order valence-corrected chi connectivity index (χ2v) is 12.4. The number of anilines is 2. The zero-order valence-corrected chi connectivity index (χ0v) is 25.1. The zero-order valence-electron chi connectivity index (χ0n) is 21.8. The summed E-state index contributed by atoms with van der Waals surface area (Å²) >= 11 is 9.49. The van der Waals surface area contributed by atoms with Crippen LogP contribution in [0.1, 0.15) is 34.7 Å². The maximum atomic E-state index is 11.9. The van der Waals surface area contributed by atoms with Crippen molar-refractivity contribution in [1.29, 1.82) is 0 Å². The summed E-state index contributed by atoms with van der Waals surface area (Å²) in [4.78, 5) is 6.70. The lowest BCUT2D eigenvalue weighted by atomic mass is 9.96. The number of pyridine rings is 1. The molecule has 39 heavy (non-hydrogen) atoms. The number of benzene rings is 2. The molecule has 1 fully saturated rings. The van der Waals surface area contributed by atoms with Crippen molar-refractivity contribution in [3.05, 3.63) is 100 Å². The van der Waals surface area contributed by atoms with Gasteiger partial charge in [-0.2, -0.15) is 0 Å². The standard InChI is InChI=1S/C28H28BrN5O3S2/c1-17-14-22(18(2)33(17)20-9-7-8-19(29)15-20)27-26(24-10-5-6-13-30-24)31-28(38)34(27)21-11-12-23(25(16-21)37-3)32-39(4,35)36/h5-16,26-27,32H,1-4H3,(H,31,38)/t26-,27-/m0/s1. The summed E-state index contributed by atoms with van der Waals surface area (Å²) < 4.78 is 35.1. The molecular weight excluding hydrogens is 598 g/mol. The van der Waals surface area contributed by atoms with Crippen LogP contribution in [0.3, 0.4) is 0 Å². The molecule has 1 saturated heterocycles. The predicted molar refractivity (Wildman–Crippen MR) is 162 cm³/mol. The molecule has 2 aromatic carbocycles. The fraction of sp³-hybridized carbons (Fsp3) is 0.214. The van der Waals surface area contributed by atoms with E-state index in [0.29, 0.717) is 16.5 Å². The number of nitrogens with zero attached hydrogens (tertiary/aromatic N) is 3. The molecule has 0 amide bonds. The Morgan fingerprint density at radius 2 is 1.85 bits per heavy atom. The molecule has 0 unspecified atom stereocenters. The van der Waals surface area contributed by atoms with Crippen molar-refractivity contribution in [3.63, 3.8) is 0 Å². The van der Waals surface area contributed by atoms with Gasteiger partial charge in [0.05, 0.1) is 36.8 Å². The SMILES string of the molecule is COc1cc(N2C(=S)N[C@@H](c3ccccn3)[C@@H]2c2cc(C)n(-c3cccc(Br)c3)c2C)ccc1NS(C)(=O)=O. The monoisotopic (exact) mass is 625 g/mol. The van der Waals surface area contributed by atoms with Gasteiger partial charge in [-0.1, -0.05) is 28.1 Å². The predicted octanol–water partition coefficient (Wildman–Crippen LogP) is 5.81. The molecular formula is C28H28BrN5O3S2. The second-order valence-electron chi connectivity index (χ2n) is 9.40. The maximum absolute atomic E-state index is 11.9. The highest BCUT2D eigenvalue weighted by molar-refractivity contribution is 9.10. The number of aryl methyl sites for hydroxylation is 1. The van der Waals surface area contributed by atoms with Gasteiger partial charge in [-0.25, -0.2) is 8.42 Å². The number of ether oxygens (including phenoxy) is 1. The van der Waals surface area contributed by atoms with Gasteiger partial charge >= 0.3 is 0 Å². The Kier molecular flexibility index (Phi) is 7.41. The lowest BCUT2D eigenvalue weighted by Crippen LogP contribution is -2.29. The molecule has 2 aromatic heterocycles. The second kappa shape index (κ2) is 10.6. The topological polar surface area (TPSA) is 88.5 Å². The molecule has 0 bridgehead atoms. The van der Waals surface area contributed by atoms with E-state index in [1.807, 2.05) is 36.4 Å². The van der Waals surface area contributed by atoms with Crippen LogP contribution in [-0.4, -0.2) is 36.4 Å². The number of methoxy groups -OCH3 is 1. The van der Waals surface area contributed by atoms with Crippen LogP contribution >= 0.6 is 28.1 Å². The summed E-state index contributed by atoms with van der Waals surface area (Å²) in [6.07, 6.45) is 2.88. The van der Waals surface area contributed by atoms with E-state index >= 15 is 0 Å². The summed E-state index contributed by atoms with van der Waals surface area (Å²) in [5, 5.41) is 4.02. The van der Waals surface area contributed by atoms with Gasteiger partial charge < -0.3 is 19.5 Å². The van der Waals surface area contributed by atoms with Crippen LogP contribution in [0.5, 0.6) is 5.75 Å². The van der Waals surface area contributed by atoms with Gasteiger partial charge in [0.25, 0.3) is 0 Å². The van der Waals surface area contributed by atoms with E-state index in [-0.39, 0.29) is 12.1 Å². The quantitative estimate of drug-likeness (QED) is 0.251.